The SMILES string of the molecule is O=C(NC(CO)c1nc(-c2ccccc2)no1)c1cc2c(ccc3ccccc32)[nH]1. The number of fused-ring (bicyclic) bond motifs is 3. The lowest BCUT2D eigenvalue weighted by Crippen LogP contribution is -2.31. The number of aromatic nitrogens is 3. The van der Waals surface area contributed by atoms with Gasteiger partial charge in [-0.05, 0) is 22.9 Å². The molecule has 30 heavy (non-hydrogen) atoms. The van der Waals surface area contributed by atoms with Crippen molar-refractivity contribution in [3.8, 4) is 11.4 Å². The molecule has 7 heteroatoms. The van der Waals surface area contributed by atoms with Gasteiger partial charge in [-0.2, -0.15) is 4.98 Å². The zero-order valence-electron chi connectivity index (χ0n) is 15.9. The number of amides is 1. The van der Waals surface area contributed by atoms with Crippen LogP contribution in [-0.4, -0.2) is 32.7 Å². The Morgan fingerprint density at radius 1 is 1.03 bits per heavy atom. The van der Waals surface area contributed by atoms with Crippen molar-refractivity contribution < 1.29 is 14.4 Å². The molecule has 5 aromatic rings. The van der Waals surface area contributed by atoms with Crippen LogP contribution in [-0.2, 0) is 0 Å². The van der Waals surface area contributed by atoms with E-state index in [1.807, 2.05) is 72.8 Å². The number of carbonyl (C=O) groups excluding carboxylic acids is 1. The van der Waals surface area contributed by atoms with Gasteiger partial charge >= 0.3 is 0 Å². The summed E-state index contributed by atoms with van der Waals surface area (Å²) in [6.45, 7) is -0.370. The second-order valence-electron chi connectivity index (χ2n) is 6.96. The number of hydrogen-bond acceptors (Lipinski definition) is 5. The molecule has 1 atom stereocenters. The van der Waals surface area contributed by atoms with Gasteiger partial charge in [0.25, 0.3) is 11.8 Å². The highest BCUT2D eigenvalue weighted by molar-refractivity contribution is 6.09. The predicted octanol–water partition coefficient (Wildman–Crippen LogP) is 3.83. The van der Waals surface area contributed by atoms with Crippen LogP contribution in [0, 0.1) is 0 Å². The van der Waals surface area contributed by atoms with Crippen molar-refractivity contribution in [3.05, 3.63) is 84.4 Å². The van der Waals surface area contributed by atoms with Gasteiger partial charge in [0.05, 0.1) is 6.61 Å². The normalized spacial score (nSPS) is 12.3. The standard InChI is InChI=1S/C23H18N4O3/c28-13-20(23-26-21(27-30-23)15-7-2-1-3-8-15)25-22(29)19-12-17-16-9-5-4-6-14(16)10-11-18(17)24-19/h1-12,20,24,28H,13H2,(H,25,29). The van der Waals surface area contributed by atoms with Gasteiger partial charge in [0.2, 0.25) is 5.82 Å². The molecule has 2 heterocycles. The zero-order valence-corrected chi connectivity index (χ0v) is 15.9. The smallest absolute Gasteiger partial charge is 0.268 e. The van der Waals surface area contributed by atoms with Crippen molar-refractivity contribution in [2.24, 2.45) is 0 Å². The van der Waals surface area contributed by atoms with Gasteiger partial charge in [-0.15, -0.1) is 0 Å². The average Bonchev–Trinajstić information content (AvgIpc) is 3.46. The minimum Gasteiger partial charge on any atom is -0.394 e. The van der Waals surface area contributed by atoms with Crippen LogP contribution in [0.4, 0.5) is 0 Å². The monoisotopic (exact) mass is 398 g/mol. The molecule has 3 aromatic carbocycles. The second kappa shape index (κ2) is 7.46. The number of hydrogen-bond donors (Lipinski definition) is 3. The van der Waals surface area contributed by atoms with E-state index in [1.54, 1.807) is 0 Å². The number of aliphatic hydroxyl groups is 1. The van der Waals surface area contributed by atoms with E-state index in [1.165, 1.54) is 0 Å². The summed E-state index contributed by atoms with van der Waals surface area (Å²) in [5.74, 6) is 0.176. The van der Waals surface area contributed by atoms with E-state index in [0.29, 0.717) is 11.5 Å². The topological polar surface area (TPSA) is 104 Å². The summed E-state index contributed by atoms with van der Waals surface area (Å²) in [5, 5.41) is 19.6. The van der Waals surface area contributed by atoms with Gasteiger partial charge in [-0.25, -0.2) is 0 Å². The maximum absolute atomic E-state index is 12.8. The molecule has 0 aliphatic rings. The highest BCUT2D eigenvalue weighted by Crippen LogP contribution is 2.26. The van der Waals surface area contributed by atoms with Crippen LogP contribution in [0.15, 0.2) is 77.3 Å². The quantitative estimate of drug-likeness (QED) is 0.417. The van der Waals surface area contributed by atoms with Gasteiger partial charge in [0, 0.05) is 16.5 Å². The fourth-order valence-electron chi connectivity index (χ4n) is 3.51. The second-order valence-corrected chi connectivity index (χ2v) is 6.96. The van der Waals surface area contributed by atoms with Gasteiger partial charge in [0.15, 0.2) is 0 Å². The van der Waals surface area contributed by atoms with E-state index in [4.69, 9.17) is 4.52 Å². The maximum atomic E-state index is 12.8. The molecule has 3 N–H and O–H groups in total. The van der Waals surface area contributed by atoms with Gasteiger partial charge in [-0.3, -0.25) is 4.79 Å². The number of benzene rings is 3. The van der Waals surface area contributed by atoms with E-state index >= 15 is 0 Å². The molecule has 1 amide bonds. The molecule has 1 unspecified atom stereocenters. The van der Waals surface area contributed by atoms with Crippen LogP contribution >= 0.6 is 0 Å². The van der Waals surface area contributed by atoms with Gasteiger partial charge < -0.3 is 19.9 Å². The number of H-pyrrole nitrogens is 1. The van der Waals surface area contributed by atoms with E-state index in [9.17, 15) is 9.90 Å². The first-order valence-electron chi connectivity index (χ1n) is 9.54. The Morgan fingerprint density at radius 3 is 2.67 bits per heavy atom. The molecular formula is C23H18N4O3. The van der Waals surface area contributed by atoms with Crippen LogP contribution in [0.2, 0.25) is 0 Å². The number of carbonyl (C=O) groups is 1. The largest absolute Gasteiger partial charge is 0.394 e. The van der Waals surface area contributed by atoms with Crippen molar-refractivity contribution in [2.45, 2.75) is 6.04 Å². The molecule has 0 aliphatic heterocycles. The Labute approximate surface area is 171 Å². The predicted molar refractivity (Wildman–Crippen MR) is 113 cm³/mol. The summed E-state index contributed by atoms with van der Waals surface area (Å²) in [5.41, 5.74) is 2.05. The minimum absolute atomic E-state index is 0.145. The third-order valence-corrected chi connectivity index (χ3v) is 5.03. The summed E-state index contributed by atoms with van der Waals surface area (Å²) < 4.78 is 5.28. The van der Waals surface area contributed by atoms with Crippen LogP contribution in [0.25, 0.3) is 33.1 Å². The number of nitrogens with zero attached hydrogens (tertiary/aromatic N) is 2. The fraction of sp³-hybridized carbons (Fsp3) is 0.0870. The van der Waals surface area contributed by atoms with E-state index in [2.05, 4.69) is 20.4 Å². The summed E-state index contributed by atoms with van der Waals surface area (Å²) in [6.07, 6.45) is 0. The molecule has 148 valence electrons. The number of aliphatic hydroxyl groups excluding tert-OH is 1. The molecule has 0 bridgehead atoms. The van der Waals surface area contributed by atoms with Crippen LogP contribution in [0.5, 0.6) is 0 Å². The Hall–Kier alpha value is -3.97. The van der Waals surface area contributed by atoms with E-state index < -0.39 is 6.04 Å². The number of nitrogens with one attached hydrogen (secondary N) is 2. The molecule has 2 aromatic heterocycles. The van der Waals surface area contributed by atoms with Crippen molar-refractivity contribution in [2.75, 3.05) is 6.61 Å². The zero-order chi connectivity index (χ0) is 20.5. The number of aromatic amines is 1. The highest BCUT2D eigenvalue weighted by atomic mass is 16.5. The lowest BCUT2D eigenvalue weighted by molar-refractivity contribution is 0.0897. The molecule has 0 saturated carbocycles. The lowest BCUT2D eigenvalue weighted by Gasteiger charge is -2.11. The van der Waals surface area contributed by atoms with Crippen LogP contribution in [0.3, 0.4) is 0 Å². The summed E-state index contributed by atoms with van der Waals surface area (Å²) in [7, 11) is 0. The Balaban J connectivity index is 1.41. The first-order chi connectivity index (χ1) is 14.7. The van der Waals surface area contributed by atoms with E-state index in [0.717, 1.165) is 27.2 Å². The van der Waals surface area contributed by atoms with Crippen molar-refractivity contribution >= 4 is 27.6 Å². The lowest BCUT2D eigenvalue weighted by atomic mass is 10.1. The molecule has 7 nitrogen and oxygen atoms in total. The molecule has 0 saturated heterocycles. The highest BCUT2D eigenvalue weighted by Gasteiger charge is 2.22. The number of rotatable bonds is 5. The van der Waals surface area contributed by atoms with Crippen molar-refractivity contribution in [1.82, 2.24) is 20.4 Å². The third-order valence-electron chi connectivity index (χ3n) is 5.03. The maximum Gasteiger partial charge on any atom is 0.268 e. The third kappa shape index (κ3) is 3.21. The molecule has 0 spiro atoms. The molecule has 0 radical (unpaired) electrons. The average molecular weight is 398 g/mol. The summed E-state index contributed by atoms with van der Waals surface area (Å²) >= 11 is 0. The Kier molecular flexibility index (Phi) is 4.49. The summed E-state index contributed by atoms with van der Waals surface area (Å²) in [4.78, 5) is 20.3. The van der Waals surface area contributed by atoms with Gasteiger partial charge in [0.1, 0.15) is 11.7 Å². The summed E-state index contributed by atoms with van der Waals surface area (Å²) in [6, 6.07) is 22.3. The van der Waals surface area contributed by atoms with Crippen LogP contribution in [0.1, 0.15) is 22.4 Å². The van der Waals surface area contributed by atoms with E-state index in [-0.39, 0.29) is 18.4 Å². The molecule has 0 aliphatic carbocycles. The Bertz CT molecular complexity index is 1340. The molecule has 5 rings (SSSR count). The first kappa shape index (κ1) is 18.1. The first-order valence-corrected chi connectivity index (χ1v) is 9.54. The van der Waals surface area contributed by atoms with Crippen molar-refractivity contribution in [3.63, 3.8) is 0 Å². The minimum atomic E-state index is -0.814. The van der Waals surface area contributed by atoms with Crippen molar-refractivity contribution in [1.29, 1.82) is 0 Å². The molecular weight excluding hydrogens is 380 g/mol. The molecule has 0 fully saturated rings. The van der Waals surface area contributed by atoms with Gasteiger partial charge in [-0.1, -0.05) is 65.8 Å². The Morgan fingerprint density at radius 2 is 1.83 bits per heavy atom. The fourth-order valence-corrected chi connectivity index (χ4v) is 3.51. The van der Waals surface area contributed by atoms with Crippen LogP contribution < -0.4 is 5.32 Å².